The predicted molar refractivity (Wildman–Crippen MR) is 101 cm³/mol. The van der Waals surface area contributed by atoms with Gasteiger partial charge in [0.15, 0.2) is 5.82 Å². The second kappa shape index (κ2) is 7.74. The summed E-state index contributed by atoms with van der Waals surface area (Å²) in [5, 5.41) is 12.6. The van der Waals surface area contributed by atoms with Crippen molar-refractivity contribution in [1.82, 2.24) is 30.1 Å². The van der Waals surface area contributed by atoms with Gasteiger partial charge in [0.25, 0.3) is 0 Å². The fraction of sp³-hybridized carbons (Fsp3) is 0.400. The lowest BCUT2D eigenvalue weighted by molar-refractivity contribution is 0.200. The molecule has 6 heteroatoms. The summed E-state index contributed by atoms with van der Waals surface area (Å²) in [7, 11) is 0. The number of rotatable bonds is 6. The molecule has 136 valence electrons. The van der Waals surface area contributed by atoms with Gasteiger partial charge in [-0.3, -0.25) is 9.88 Å². The third-order valence-corrected chi connectivity index (χ3v) is 4.34. The molecule has 3 aromatic rings. The summed E-state index contributed by atoms with van der Waals surface area (Å²) in [6, 6.07) is 16.3. The zero-order chi connectivity index (χ0) is 18.6. The number of pyridine rings is 1. The molecular formula is C20H26N6. The van der Waals surface area contributed by atoms with E-state index in [1.807, 2.05) is 35.1 Å². The summed E-state index contributed by atoms with van der Waals surface area (Å²) in [6.45, 7) is 10.1. The third kappa shape index (κ3) is 3.96. The molecule has 0 aliphatic rings. The van der Waals surface area contributed by atoms with E-state index < -0.39 is 0 Å². The van der Waals surface area contributed by atoms with Crippen LogP contribution >= 0.6 is 0 Å². The highest BCUT2D eigenvalue weighted by Gasteiger charge is 2.31. The number of nitrogens with zero attached hydrogens (tertiary/aromatic N) is 6. The Labute approximate surface area is 154 Å². The fourth-order valence-corrected chi connectivity index (χ4v) is 3.07. The van der Waals surface area contributed by atoms with Gasteiger partial charge in [-0.25, -0.2) is 4.68 Å². The molecule has 1 atom stereocenters. The number of hydrogen-bond donors (Lipinski definition) is 0. The number of aromatic nitrogens is 5. The number of tetrazole rings is 1. The summed E-state index contributed by atoms with van der Waals surface area (Å²) in [5.41, 5.74) is 1.99. The zero-order valence-corrected chi connectivity index (χ0v) is 15.9. The fourth-order valence-electron chi connectivity index (χ4n) is 3.07. The average molecular weight is 350 g/mol. The highest BCUT2D eigenvalue weighted by Crippen LogP contribution is 2.29. The van der Waals surface area contributed by atoms with Crippen molar-refractivity contribution in [2.24, 2.45) is 0 Å². The monoisotopic (exact) mass is 350 g/mol. The minimum absolute atomic E-state index is 0.115. The van der Waals surface area contributed by atoms with Crippen LogP contribution < -0.4 is 0 Å². The van der Waals surface area contributed by atoms with Crippen molar-refractivity contribution in [2.45, 2.75) is 45.8 Å². The van der Waals surface area contributed by atoms with E-state index in [1.165, 1.54) is 5.56 Å². The third-order valence-electron chi connectivity index (χ3n) is 4.34. The van der Waals surface area contributed by atoms with Crippen LogP contribution in [0, 0.1) is 0 Å². The van der Waals surface area contributed by atoms with E-state index in [0.717, 1.165) is 24.6 Å². The Morgan fingerprint density at radius 2 is 1.77 bits per heavy atom. The van der Waals surface area contributed by atoms with Crippen LogP contribution in [0.4, 0.5) is 0 Å². The first-order valence-corrected chi connectivity index (χ1v) is 8.98. The Morgan fingerprint density at radius 1 is 1.04 bits per heavy atom. The quantitative estimate of drug-likeness (QED) is 0.681. The molecular weight excluding hydrogens is 324 g/mol. The number of benzene rings is 1. The summed E-state index contributed by atoms with van der Waals surface area (Å²) >= 11 is 0. The smallest absolute Gasteiger partial charge is 0.175 e. The molecule has 6 nitrogen and oxygen atoms in total. The minimum atomic E-state index is -0.210. The average Bonchev–Trinajstić information content (AvgIpc) is 3.13. The Bertz CT molecular complexity index is 807. The Balaban J connectivity index is 2.05. The van der Waals surface area contributed by atoms with Crippen LogP contribution in [0.15, 0.2) is 54.7 Å². The molecule has 1 aromatic carbocycles. The van der Waals surface area contributed by atoms with Gasteiger partial charge < -0.3 is 0 Å². The van der Waals surface area contributed by atoms with Crippen molar-refractivity contribution in [2.75, 3.05) is 6.54 Å². The van der Waals surface area contributed by atoms with Crippen LogP contribution in [0.25, 0.3) is 0 Å². The van der Waals surface area contributed by atoms with Gasteiger partial charge in [-0.15, -0.1) is 5.10 Å². The predicted octanol–water partition coefficient (Wildman–Crippen LogP) is 3.43. The van der Waals surface area contributed by atoms with Crippen molar-refractivity contribution in [3.8, 4) is 0 Å². The van der Waals surface area contributed by atoms with Gasteiger partial charge in [-0.05, 0) is 55.4 Å². The maximum atomic E-state index is 4.62. The Kier molecular flexibility index (Phi) is 5.42. The molecule has 0 N–H and O–H groups in total. The lowest BCUT2D eigenvalue weighted by Gasteiger charge is -2.31. The van der Waals surface area contributed by atoms with E-state index in [-0.39, 0.29) is 11.6 Å². The summed E-state index contributed by atoms with van der Waals surface area (Å²) < 4.78 is 1.90. The van der Waals surface area contributed by atoms with E-state index >= 15 is 0 Å². The molecule has 0 radical (unpaired) electrons. The molecule has 0 saturated carbocycles. The van der Waals surface area contributed by atoms with Gasteiger partial charge in [0.05, 0.1) is 11.2 Å². The zero-order valence-electron chi connectivity index (χ0n) is 15.9. The van der Waals surface area contributed by atoms with Gasteiger partial charge in [0.2, 0.25) is 0 Å². The molecule has 0 bridgehead atoms. The molecule has 0 aliphatic carbocycles. The first-order valence-electron chi connectivity index (χ1n) is 8.98. The second-order valence-electron chi connectivity index (χ2n) is 7.33. The largest absolute Gasteiger partial charge is 0.284 e. The van der Waals surface area contributed by atoms with Crippen LogP contribution in [0.3, 0.4) is 0 Å². The topological polar surface area (TPSA) is 59.7 Å². The Hall–Kier alpha value is -2.60. The van der Waals surface area contributed by atoms with Gasteiger partial charge in [0, 0.05) is 12.7 Å². The first kappa shape index (κ1) is 18.2. The standard InChI is InChI=1S/C20H26N6/c1-5-25(15-16-11-7-6-8-12-16)18(17-13-9-10-14-21-17)19-22-23-24-26(19)20(2,3)4/h6-14,18H,5,15H2,1-4H3. The van der Waals surface area contributed by atoms with Crippen LogP contribution in [-0.4, -0.2) is 36.6 Å². The molecule has 26 heavy (non-hydrogen) atoms. The Morgan fingerprint density at radius 3 is 2.38 bits per heavy atom. The SMILES string of the molecule is CCN(Cc1ccccc1)C(c1ccccn1)c1nnnn1C(C)(C)C. The van der Waals surface area contributed by atoms with Gasteiger partial charge in [-0.2, -0.15) is 0 Å². The first-order chi connectivity index (χ1) is 12.5. The minimum Gasteiger partial charge on any atom is -0.284 e. The van der Waals surface area contributed by atoms with Crippen LogP contribution in [-0.2, 0) is 12.1 Å². The molecule has 0 fully saturated rings. The van der Waals surface area contributed by atoms with E-state index in [1.54, 1.807) is 0 Å². The molecule has 0 amide bonds. The van der Waals surface area contributed by atoms with Crippen molar-refractivity contribution < 1.29 is 0 Å². The van der Waals surface area contributed by atoms with Gasteiger partial charge in [0.1, 0.15) is 6.04 Å². The molecule has 2 aromatic heterocycles. The summed E-state index contributed by atoms with van der Waals surface area (Å²) in [6.07, 6.45) is 1.82. The normalized spacial score (nSPS) is 13.1. The van der Waals surface area contributed by atoms with E-state index in [0.29, 0.717) is 0 Å². The van der Waals surface area contributed by atoms with Crippen molar-refractivity contribution in [3.05, 3.63) is 71.8 Å². The van der Waals surface area contributed by atoms with Gasteiger partial charge in [-0.1, -0.05) is 43.3 Å². The summed E-state index contributed by atoms with van der Waals surface area (Å²) in [4.78, 5) is 6.97. The molecule has 1 unspecified atom stereocenters. The lowest BCUT2D eigenvalue weighted by Crippen LogP contribution is -2.35. The van der Waals surface area contributed by atoms with Crippen molar-refractivity contribution in [3.63, 3.8) is 0 Å². The molecule has 2 heterocycles. The molecule has 0 spiro atoms. The summed E-state index contributed by atoms with van der Waals surface area (Å²) in [5.74, 6) is 0.814. The molecule has 3 rings (SSSR count). The van der Waals surface area contributed by atoms with E-state index in [4.69, 9.17) is 0 Å². The van der Waals surface area contributed by atoms with Crippen molar-refractivity contribution in [1.29, 1.82) is 0 Å². The van der Waals surface area contributed by atoms with Crippen LogP contribution in [0.1, 0.15) is 50.8 Å². The van der Waals surface area contributed by atoms with E-state index in [2.05, 4.69) is 77.4 Å². The number of hydrogen-bond acceptors (Lipinski definition) is 5. The lowest BCUT2D eigenvalue weighted by atomic mass is 10.1. The maximum absolute atomic E-state index is 4.62. The maximum Gasteiger partial charge on any atom is 0.175 e. The van der Waals surface area contributed by atoms with Crippen LogP contribution in [0.2, 0.25) is 0 Å². The second-order valence-corrected chi connectivity index (χ2v) is 7.33. The molecule has 0 aliphatic heterocycles. The highest BCUT2D eigenvalue weighted by atomic mass is 15.6. The molecule has 0 saturated heterocycles. The highest BCUT2D eigenvalue weighted by molar-refractivity contribution is 5.20. The van der Waals surface area contributed by atoms with E-state index in [9.17, 15) is 0 Å². The van der Waals surface area contributed by atoms with Crippen LogP contribution in [0.5, 0.6) is 0 Å². The van der Waals surface area contributed by atoms with Crippen molar-refractivity contribution >= 4 is 0 Å². The van der Waals surface area contributed by atoms with Gasteiger partial charge >= 0.3 is 0 Å².